The summed E-state index contributed by atoms with van der Waals surface area (Å²) in [6.45, 7) is 0.307. The fourth-order valence-electron chi connectivity index (χ4n) is 2.30. The SMILES string of the molecule is OC[C@H](O)[C@H]1O[C@H](OC2CCCCN2)[C@@H](O)[C@H]1O. The summed E-state index contributed by atoms with van der Waals surface area (Å²) in [5.41, 5.74) is 0. The molecule has 2 fully saturated rings. The van der Waals surface area contributed by atoms with Gasteiger partial charge in [0.2, 0.25) is 0 Å². The van der Waals surface area contributed by atoms with Gasteiger partial charge in [-0.1, -0.05) is 0 Å². The molecule has 0 saturated carbocycles. The van der Waals surface area contributed by atoms with Gasteiger partial charge in [0.15, 0.2) is 6.29 Å². The highest BCUT2D eigenvalue weighted by molar-refractivity contribution is 4.91. The number of hydrogen-bond donors (Lipinski definition) is 5. The van der Waals surface area contributed by atoms with E-state index in [0.717, 1.165) is 25.8 Å². The van der Waals surface area contributed by atoms with Gasteiger partial charge in [-0.25, -0.2) is 0 Å². The molecule has 0 aromatic carbocycles. The van der Waals surface area contributed by atoms with E-state index in [1.54, 1.807) is 0 Å². The molecule has 0 bridgehead atoms. The first-order valence-corrected chi connectivity index (χ1v) is 6.33. The minimum absolute atomic E-state index is 0.212. The monoisotopic (exact) mass is 263 g/mol. The highest BCUT2D eigenvalue weighted by Crippen LogP contribution is 2.26. The van der Waals surface area contributed by atoms with Crippen LogP contribution in [0, 0.1) is 0 Å². The number of hydrogen-bond acceptors (Lipinski definition) is 7. The van der Waals surface area contributed by atoms with Gasteiger partial charge in [0, 0.05) is 0 Å². The fourth-order valence-corrected chi connectivity index (χ4v) is 2.30. The lowest BCUT2D eigenvalue weighted by Crippen LogP contribution is -2.43. The minimum Gasteiger partial charge on any atom is -0.394 e. The van der Waals surface area contributed by atoms with Gasteiger partial charge >= 0.3 is 0 Å². The van der Waals surface area contributed by atoms with Crippen molar-refractivity contribution in [1.82, 2.24) is 5.32 Å². The Hall–Kier alpha value is -0.280. The standard InChI is InChI=1S/C11H21NO6/c13-5-6(14)10-8(15)9(16)11(18-10)17-7-3-1-2-4-12-7/h6-16H,1-5H2/t6-,7?,8+,9-,10+,11-/m0/s1. The van der Waals surface area contributed by atoms with Gasteiger partial charge in [-0.2, -0.15) is 0 Å². The molecular weight excluding hydrogens is 242 g/mol. The Labute approximate surface area is 105 Å². The van der Waals surface area contributed by atoms with Crippen LogP contribution in [0.3, 0.4) is 0 Å². The highest BCUT2D eigenvalue weighted by atomic mass is 16.7. The van der Waals surface area contributed by atoms with Gasteiger partial charge in [-0.15, -0.1) is 0 Å². The Morgan fingerprint density at radius 1 is 1.28 bits per heavy atom. The van der Waals surface area contributed by atoms with Crippen LogP contribution in [0.25, 0.3) is 0 Å². The molecule has 0 aromatic rings. The Kier molecular flexibility index (Phi) is 4.91. The van der Waals surface area contributed by atoms with E-state index in [-0.39, 0.29) is 6.23 Å². The molecule has 2 rings (SSSR count). The zero-order valence-electron chi connectivity index (χ0n) is 10.1. The summed E-state index contributed by atoms with van der Waals surface area (Å²) < 4.78 is 10.8. The maximum Gasteiger partial charge on any atom is 0.188 e. The minimum atomic E-state index is -1.26. The number of piperidine rings is 1. The average Bonchev–Trinajstić information content (AvgIpc) is 2.67. The Bertz CT molecular complexity index is 258. The normalized spacial score (nSPS) is 43.0. The van der Waals surface area contributed by atoms with Crippen LogP contribution in [0.15, 0.2) is 0 Å². The van der Waals surface area contributed by atoms with Crippen molar-refractivity contribution in [3.8, 4) is 0 Å². The van der Waals surface area contributed by atoms with Crippen LogP contribution in [-0.2, 0) is 9.47 Å². The third-order valence-corrected chi connectivity index (χ3v) is 3.39. The molecule has 18 heavy (non-hydrogen) atoms. The summed E-state index contributed by atoms with van der Waals surface area (Å²) in [6.07, 6.45) is -3.01. The van der Waals surface area contributed by atoms with E-state index in [2.05, 4.69) is 5.32 Å². The van der Waals surface area contributed by atoms with Crippen LogP contribution in [0.1, 0.15) is 19.3 Å². The van der Waals surface area contributed by atoms with Gasteiger partial charge in [0.1, 0.15) is 30.6 Å². The Morgan fingerprint density at radius 2 is 2.06 bits per heavy atom. The van der Waals surface area contributed by atoms with Crippen molar-refractivity contribution in [3.63, 3.8) is 0 Å². The molecule has 2 heterocycles. The van der Waals surface area contributed by atoms with Crippen LogP contribution in [-0.4, -0.2) is 70.5 Å². The van der Waals surface area contributed by atoms with Crippen molar-refractivity contribution in [3.05, 3.63) is 0 Å². The fraction of sp³-hybridized carbons (Fsp3) is 1.00. The number of nitrogens with one attached hydrogen (secondary N) is 1. The molecule has 6 atom stereocenters. The lowest BCUT2D eigenvalue weighted by molar-refractivity contribution is -0.210. The summed E-state index contributed by atoms with van der Waals surface area (Å²) in [6, 6.07) is 0. The molecule has 1 unspecified atom stereocenters. The molecule has 7 nitrogen and oxygen atoms in total. The molecule has 5 N–H and O–H groups in total. The third kappa shape index (κ3) is 3.00. The molecule has 2 aliphatic rings. The predicted molar refractivity (Wildman–Crippen MR) is 60.5 cm³/mol. The molecule has 0 spiro atoms. The van der Waals surface area contributed by atoms with Crippen LogP contribution in [0.2, 0.25) is 0 Å². The quantitative estimate of drug-likeness (QED) is 0.395. The molecule has 0 aromatic heterocycles. The summed E-state index contributed by atoms with van der Waals surface area (Å²) >= 11 is 0. The van der Waals surface area contributed by atoms with Crippen LogP contribution in [0.5, 0.6) is 0 Å². The Balaban J connectivity index is 1.89. The van der Waals surface area contributed by atoms with E-state index in [4.69, 9.17) is 14.6 Å². The van der Waals surface area contributed by atoms with E-state index in [0.29, 0.717) is 0 Å². The number of aliphatic hydroxyl groups excluding tert-OH is 4. The van der Waals surface area contributed by atoms with Crippen molar-refractivity contribution >= 4 is 0 Å². The predicted octanol–water partition coefficient (Wildman–Crippen LogP) is -2.10. The summed E-state index contributed by atoms with van der Waals surface area (Å²) in [5.74, 6) is 0. The first-order chi connectivity index (χ1) is 8.63. The maximum absolute atomic E-state index is 9.78. The number of aliphatic hydroxyl groups is 4. The van der Waals surface area contributed by atoms with E-state index in [1.165, 1.54) is 0 Å². The Morgan fingerprint density at radius 3 is 2.67 bits per heavy atom. The van der Waals surface area contributed by atoms with E-state index < -0.39 is 37.3 Å². The third-order valence-electron chi connectivity index (χ3n) is 3.39. The smallest absolute Gasteiger partial charge is 0.188 e. The molecule has 2 aliphatic heterocycles. The van der Waals surface area contributed by atoms with E-state index in [1.807, 2.05) is 0 Å². The van der Waals surface area contributed by atoms with E-state index >= 15 is 0 Å². The topological polar surface area (TPSA) is 111 Å². The second kappa shape index (κ2) is 6.25. The van der Waals surface area contributed by atoms with Crippen LogP contribution in [0.4, 0.5) is 0 Å². The van der Waals surface area contributed by atoms with Crippen molar-refractivity contribution in [2.45, 2.75) is 56.2 Å². The van der Waals surface area contributed by atoms with Gasteiger partial charge in [0.05, 0.1) is 6.61 Å². The number of rotatable bonds is 4. The molecular formula is C11H21NO6. The van der Waals surface area contributed by atoms with Gasteiger partial charge in [-0.3, -0.25) is 5.32 Å². The number of ether oxygens (including phenoxy) is 2. The average molecular weight is 263 g/mol. The second-order valence-corrected chi connectivity index (χ2v) is 4.77. The van der Waals surface area contributed by atoms with Crippen molar-refractivity contribution in [2.75, 3.05) is 13.2 Å². The van der Waals surface area contributed by atoms with Crippen molar-refractivity contribution in [2.24, 2.45) is 0 Å². The first kappa shape index (κ1) is 14.1. The molecule has 2 saturated heterocycles. The lowest BCUT2D eigenvalue weighted by atomic mass is 10.1. The van der Waals surface area contributed by atoms with Crippen LogP contribution >= 0.6 is 0 Å². The molecule has 0 amide bonds. The van der Waals surface area contributed by atoms with Crippen LogP contribution < -0.4 is 5.32 Å². The molecule has 0 radical (unpaired) electrons. The van der Waals surface area contributed by atoms with Gasteiger partial charge in [-0.05, 0) is 25.8 Å². The summed E-state index contributed by atoms with van der Waals surface area (Å²) in [4.78, 5) is 0. The summed E-state index contributed by atoms with van der Waals surface area (Å²) in [7, 11) is 0. The molecule has 106 valence electrons. The zero-order chi connectivity index (χ0) is 13.1. The largest absolute Gasteiger partial charge is 0.394 e. The highest BCUT2D eigenvalue weighted by Gasteiger charge is 2.47. The first-order valence-electron chi connectivity index (χ1n) is 6.33. The maximum atomic E-state index is 9.78. The zero-order valence-corrected chi connectivity index (χ0v) is 10.1. The molecule has 7 heteroatoms. The summed E-state index contributed by atoms with van der Waals surface area (Å²) in [5, 5.41) is 40.9. The van der Waals surface area contributed by atoms with E-state index in [9.17, 15) is 15.3 Å². The molecule has 0 aliphatic carbocycles. The van der Waals surface area contributed by atoms with Crippen molar-refractivity contribution in [1.29, 1.82) is 0 Å². The van der Waals surface area contributed by atoms with Gasteiger partial charge < -0.3 is 29.9 Å². The van der Waals surface area contributed by atoms with Crippen molar-refractivity contribution < 1.29 is 29.9 Å². The lowest BCUT2D eigenvalue weighted by Gasteiger charge is -2.27. The van der Waals surface area contributed by atoms with Gasteiger partial charge in [0.25, 0.3) is 0 Å². The second-order valence-electron chi connectivity index (χ2n) is 4.77.